The first-order valence-corrected chi connectivity index (χ1v) is 10.2. The maximum atomic E-state index is 11.9. The molecule has 3 atom stereocenters. The van der Waals surface area contributed by atoms with Crippen molar-refractivity contribution in [1.29, 1.82) is 0 Å². The van der Waals surface area contributed by atoms with Crippen LogP contribution in [-0.2, 0) is 9.53 Å². The van der Waals surface area contributed by atoms with Crippen molar-refractivity contribution < 1.29 is 14.3 Å². The van der Waals surface area contributed by atoms with E-state index in [9.17, 15) is 4.79 Å². The van der Waals surface area contributed by atoms with Crippen LogP contribution in [0.2, 0.25) is 0 Å². The zero-order valence-corrected chi connectivity index (χ0v) is 16.6. The third-order valence-electron chi connectivity index (χ3n) is 5.55. The summed E-state index contributed by atoms with van der Waals surface area (Å²) in [6, 6.07) is 14.1. The first-order valence-electron chi connectivity index (χ1n) is 10.2. The lowest BCUT2D eigenvalue weighted by Crippen LogP contribution is -2.18. The molecule has 1 saturated carbocycles. The van der Waals surface area contributed by atoms with Gasteiger partial charge in [-0.2, -0.15) is 10.2 Å². The Bertz CT molecular complexity index is 974. The van der Waals surface area contributed by atoms with E-state index in [4.69, 9.17) is 16.0 Å². The van der Waals surface area contributed by atoms with Crippen molar-refractivity contribution in [2.45, 2.75) is 19.3 Å². The van der Waals surface area contributed by atoms with Crippen LogP contribution in [0, 0.1) is 24.3 Å². The Morgan fingerprint density at radius 3 is 2.30 bits per heavy atom. The lowest BCUT2D eigenvalue weighted by molar-refractivity contribution is -0.145. The lowest BCUT2D eigenvalue weighted by atomic mass is 9.95. The molecule has 2 aliphatic rings. The van der Waals surface area contributed by atoms with Gasteiger partial charge in [-0.3, -0.25) is 4.79 Å². The fourth-order valence-corrected chi connectivity index (χ4v) is 3.93. The lowest BCUT2D eigenvalue weighted by Gasteiger charge is -2.17. The molecule has 2 aliphatic carbocycles. The van der Waals surface area contributed by atoms with Crippen LogP contribution in [0.3, 0.4) is 0 Å². The van der Waals surface area contributed by atoms with Crippen LogP contribution in [0.4, 0.5) is 17.1 Å². The second kappa shape index (κ2) is 9.36. The van der Waals surface area contributed by atoms with E-state index >= 15 is 0 Å². The van der Waals surface area contributed by atoms with Crippen LogP contribution in [0.1, 0.15) is 19.3 Å². The summed E-state index contributed by atoms with van der Waals surface area (Å²) in [7, 11) is 0. The summed E-state index contributed by atoms with van der Waals surface area (Å²) >= 11 is 0. The Morgan fingerprint density at radius 2 is 1.70 bits per heavy atom. The van der Waals surface area contributed by atoms with Gasteiger partial charge in [0, 0.05) is 0 Å². The molecule has 6 heteroatoms. The van der Waals surface area contributed by atoms with Gasteiger partial charge in [-0.1, -0.05) is 24.3 Å². The van der Waals surface area contributed by atoms with E-state index in [0.29, 0.717) is 47.2 Å². The van der Waals surface area contributed by atoms with Crippen molar-refractivity contribution in [2.75, 3.05) is 13.2 Å². The molecule has 2 bridgehead atoms. The van der Waals surface area contributed by atoms with Crippen LogP contribution < -0.4 is 4.74 Å². The molecule has 6 nitrogen and oxygen atoms in total. The van der Waals surface area contributed by atoms with Crippen molar-refractivity contribution in [3.63, 3.8) is 0 Å². The highest BCUT2D eigenvalue weighted by molar-refractivity contribution is 5.69. The molecule has 0 heterocycles. The van der Waals surface area contributed by atoms with Gasteiger partial charge >= 0.3 is 5.97 Å². The number of nitrogens with zero attached hydrogens (tertiary/aromatic N) is 3. The van der Waals surface area contributed by atoms with Crippen LogP contribution in [-0.4, -0.2) is 19.2 Å². The molecular weight excluding hydrogens is 378 g/mol. The van der Waals surface area contributed by atoms with Crippen molar-refractivity contribution in [3.05, 3.63) is 72.1 Å². The summed E-state index contributed by atoms with van der Waals surface area (Å²) in [6.07, 6.45) is 7.15. The summed E-state index contributed by atoms with van der Waals surface area (Å²) in [4.78, 5) is 15.3. The van der Waals surface area contributed by atoms with E-state index in [1.807, 2.05) is 0 Å². The minimum Gasteiger partial charge on any atom is -0.493 e. The van der Waals surface area contributed by atoms with E-state index in [1.165, 1.54) is 6.42 Å². The Morgan fingerprint density at radius 1 is 1.00 bits per heavy atom. The van der Waals surface area contributed by atoms with Gasteiger partial charge in [0.2, 0.25) is 0 Å². The van der Waals surface area contributed by atoms with Gasteiger partial charge in [-0.05, 0) is 67.0 Å². The van der Waals surface area contributed by atoms with Gasteiger partial charge in [0.1, 0.15) is 5.75 Å². The second-order valence-corrected chi connectivity index (χ2v) is 7.64. The van der Waals surface area contributed by atoms with E-state index < -0.39 is 0 Å². The average molecular weight is 401 g/mol. The molecule has 0 N–H and O–H groups in total. The van der Waals surface area contributed by atoms with Crippen molar-refractivity contribution in [3.8, 4) is 5.75 Å². The number of azo groups is 1. The maximum absolute atomic E-state index is 11.9. The number of esters is 1. The number of hydrogen-bond acceptors (Lipinski definition) is 5. The quantitative estimate of drug-likeness (QED) is 0.230. The number of ether oxygens (including phenoxy) is 2. The smallest absolute Gasteiger partial charge is 0.309 e. The number of rotatable bonds is 8. The number of fused-ring (bicyclic) bond motifs is 2. The molecule has 0 radical (unpaired) electrons. The van der Waals surface area contributed by atoms with Crippen LogP contribution in [0.15, 0.2) is 70.9 Å². The number of carbonyl (C=O) groups is 1. The predicted octanol–water partition coefficient (Wildman–Crippen LogP) is 6.18. The summed E-state index contributed by atoms with van der Waals surface area (Å²) in [6.45, 7) is 7.75. The standard InChI is InChI=1S/C24H23N3O3/c1-25-20-4-6-21(7-5-20)26-27-22-8-10-23(11-9-22)29-13-12-24(28)30-16-19-15-17-2-3-18(19)14-17/h2-11,17-19H,12-16H2. The second-order valence-electron chi connectivity index (χ2n) is 7.64. The van der Waals surface area contributed by atoms with Gasteiger partial charge in [0.25, 0.3) is 0 Å². The van der Waals surface area contributed by atoms with E-state index in [2.05, 4.69) is 27.2 Å². The Kier molecular flexibility index (Phi) is 6.19. The minimum absolute atomic E-state index is 0.212. The fourth-order valence-electron chi connectivity index (χ4n) is 3.93. The van der Waals surface area contributed by atoms with Crippen LogP contribution >= 0.6 is 0 Å². The Hall–Kier alpha value is -3.46. The molecule has 0 amide bonds. The maximum Gasteiger partial charge on any atom is 0.309 e. The normalized spacial score (nSPS) is 21.6. The molecule has 0 saturated heterocycles. The van der Waals surface area contributed by atoms with Crippen molar-refractivity contribution in [2.24, 2.45) is 28.0 Å². The Balaban J connectivity index is 1.17. The number of carbonyl (C=O) groups excluding carboxylic acids is 1. The molecule has 3 unspecified atom stereocenters. The monoisotopic (exact) mass is 401 g/mol. The fraction of sp³-hybridized carbons (Fsp3) is 0.333. The first kappa shape index (κ1) is 19.8. The van der Waals surface area contributed by atoms with Crippen molar-refractivity contribution in [1.82, 2.24) is 0 Å². The summed E-state index contributed by atoms with van der Waals surface area (Å²) in [5.74, 6) is 2.22. The molecule has 0 aliphatic heterocycles. The molecule has 2 aromatic carbocycles. The third-order valence-corrected chi connectivity index (χ3v) is 5.55. The van der Waals surface area contributed by atoms with E-state index in [0.717, 1.165) is 6.42 Å². The molecule has 0 spiro atoms. The Labute approximate surface area is 176 Å². The molecule has 1 fully saturated rings. The summed E-state index contributed by atoms with van der Waals surface area (Å²) in [5.41, 5.74) is 1.95. The highest BCUT2D eigenvalue weighted by atomic mass is 16.5. The zero-order valence-electron chi connectivity index (χ0n) is 16.6. The van der Waals surface area contributed by atoms with Gasteiger partial charge in [-0.15, -0.1) is 0 Å². The largest absolute Gasteiger partial charge is 0.493 e. The first-order chi connectivity index (χ1) is 14.7. The van der Waals surface area contributed by atoms with Gasteiger partial charge < -0.3 is 9.47 Å². The van der Waals surface area contributed by atoms with Gasteiger partial charge in [0.05, 0.1) is 37.6 Å². The molecule has 2 aromatic rings. The van der Waals surface area contributed by atoms with Crippen LogP contribution in [0.25, 0.3) is 4.85 Å². The highest BCUT2D eigenvalue weighted by Crippen LogP contribution is 2.43. The van der Waals surface area contributed by atoms with Gasteiger partial charge in [-0.25, -0.2) is 4.85 Å². The summed E-state index contributed by atoms with van der Waals surface area (Å²) in [5, 5.41) is 8.32. The summed E-state index contributed by atoms with van der Waals surface area (Å²) < 4.78 is 11.1. The highest BCUT2D eigenvalue weighted by Gasteiger charge is 2.36. The number of allylic oxidation sites excluding steroid dienone is 2. The molecule has 152 valence electrons. The SMILES string of the molecule is [C-]#[N+]c1ccc(N=Nc2ccc(OCCC(=O)OCC3CC4C=CC3C4)cc2)cc1. The molecule has 30 heavy (non-hydrogen) atoms. The van der Waals surface area contributed by atoms with E-state index in [-0.39, 0.29) is 19.0 Å². The number of benzene rings is 2. The van der Waals surface area contributed by atoms with Crippen molar-refractivity contribution >= 4 is 23.0 Å². The number of hydrogen-bond donors (Lipinski definition) is 0. The van der Waals surface area contributed by atoms with Crippen LogP contribution in [0.5, 0.6) is 5.75 Å². The molecule has 4 rings (SSSR count). The van der Waals surface area contributed by atoms with E-state index in [1.54, 1.807) is 48.5 Å². The molecule has 0 aromatic heterocycles. The predicted molar refractivity (Wildman–Crippen MR) is 113 cm³/mol. The average Bonchev–Trinajstić information content (AvgIpc) is 3.41. The minimum atomic E-state index is -0.212. The molecular formula is C24H23N3O3. The zero-order chi connectivity index (χ0) is 20.8. The topological polar surface area (TPSA) is 64.6 Å². The van der Waals surface area contributed by atoms with Gasteiger partial charge in [0.15, 0.2) is 5.69 Å². The third kappa shape index (κ3) is 5.12.